The smallest absolute Gasteiger partial charge is 0.149 e. The fraction of sp³-hybridized carbons (Fsp3) is 0.154. The molecule has 20 heavy (non-hydrogen) atoms. The first-order chi connectivity index (χ1) is 9.83. The van der Waals surface area contributed by atoms with Crippen molar-refractivity contribution in [1.82, 2.24) is 24.6 Å². The highest BCUT2D eigenvalue weighted by atomic mass is 15.1. The second kappa shape index (κ2) is 5.04. The van der Waals surface area contributed by atoms with Gasteiger partial charge in [0.15, 0.2) is 0 Å². The average Bonchev–Trinajstić information content (AvgIpc) is 3.14. The van der Waals surface area contributed by atoms with E-state index in [1.165, 1.54) is 6.21 Å². The third-order valence-corrected chi connectivity index (χ3v) is 3.00. The number of aromatic amines is 1. The summed E-state index contributed by atoms with van der Waals surface area (Å²) < 4.78 is 1.89. The highest BCUT2D eigenvalue weighted by Crippen LogP contribution is 2.20. The minimum Gasteiger partial charge on any atom is -0.312 e. The van der Waals surface area contributed by atoms with Crippen LogP contribution in [0, 0.1) is 5.41 Å². The number of hydrogen-bond acceptors (Lipinski definition) is 5. The SMILES string of the molecule is CN=CC(C=N)c1cc2nccn2c(-c2cn[nH]c2)n1. The summed E-state index contributed by atoms with van der Waals surface area (Å²) in [6.45, 7) is 0. The van der Waals surface area contributed by atoms with Gasteiger partial charge in [0, 0.05) is 44.1 Å². The van der Waals surface area contributed by atoms with Crippen LogP contribution in [0.1, 0.15) is 11.6 Å². The van der Waals surface area contributed by atoms with Crippen LogP contribution in [0.15, 0.2) is 35.8 Å². The Labute approximate surface area is 114 Å². The Bertz CT molecular complexity index is 754. The van der Waals surface area contributed by atoms with E-state index in [9.17, 15) is 0 Å². The van der Waals surface area contributed by atoms with Crippen LogP contribution in [-0.4, -0.2) is 44.0 Å². The normalized spacial score (nSPS) is 13.1. The maximum absolute atomic E-state index is 7.51. The Balaban J connectivity index is 2.23. The van der Waals surface area contributed by atoms with Crippen LogP contribution in [0.5, 0.6) is 0 Å². The van der Waals surface area contributed by atoms with Crippen LogP contribution >= 0.6 is 0 Å². The summed E-state index contributed by atoms with van der Waals surface area (Å²) in [5.41, 5.74) is 2.38. The molecule has 0 aromatic carbocycles. The van der Waals surface area contributed by atoms with Crippen LogP contribution in [0.2, 0.25) is 0 Å². The van der Waals surface area contributed by atoms with Crippen molar-refractivity contribution in [3.63, 3.8) is 0 Å². The van der Waals surface area contributed by atoms with E-state index in [0.29, 0.717) is 0 Å². The van der Waals surface area contributed by atoms with Crippen LogP contribution in [0.25, 0.3) is 17.0 Å². The number of fused-ring (bicyclic) bond motifs is 1. The van der Waals surface area contributed by atoms with Crippen molar-refractivity contribution >= 4 is 18.1 Å². The first kappa shape index (κ1) is 12.2. The molecule has 1 atom stereocenters. The van der Waals surface area contributed by atoms with Gasteiger partial charge in [0.1, 0.15) is 11.5 Å². The lowest BCUT2D eigenvalue weighted by Crippen LogP contribution is -2.07. The summed E-state index contributed by atoms with van der Waals surface area (Å²) in [7, 11) is 1.68. The summed E-state index contributed by atoms with van der Waals surface area (Å²) in [5, 5.41) is 14.2. The number of H-pyrrole nitrogens is 1. The third-order valence-electron chi connectivity index (χ3n) is 3.00. The van der Waals surface area contributed by atoms with E-state index in [1.54, 1.807) is 31.9 Å². The van der Waals surface area contributed by atoms with Gasteiger partial charge in [-0.3, -0.25) is 14.5 Å². The summed E-state index contributed by atoms with van der Waals surface area (Å²) in [4.78, 5) is 12.9. The summed E-state index contributed by atoms with van der Waals surface area (Å²) in [6, 6.07) is 1.86. The molecular weight excluding hydrogens is 254 g/mol. The lowest BCUT2D eigenvalue weighted by Gasteiger charge is -2.09. The molecule has 3 aromatic rings. The fourth-order valence-corrected chi connectivity index (χ4v) is 2.05. The molecule has 0 radical (unpaired) electrons. The molecule has 0 saturated heterocycles. The molecule has 7 nitrogen and oxygen atoms in total. The fourth-order valence-electron chi connectivity index (χ4n) is 2.05. The van der Waals surface area contributed by atoms with Gasteiger partial charge in [0.2, 0.25) is 0 Å². The Morgan fingerprint density at radius 1 is 1.50 bits per heavy atom. The maximum Gasteiger partial charge on any atom is 0.149 e. The van der Waals surface area contributed by atoms with Crippen molar-refractivity contribution in [2.75, 3.05) is 7.05 Å². The zero-order chi connectivity index (χ0) is 13.9. The molecule has 0 fully saturated rings. The molecule has 7 heteroatoms. The molecule has 0 aliphatic carbocycles. The molecule has 100 valence electrons. The van der Waals surface area contributed by atoms with Crippen molar-refractivity contribution in [3.05, 3.63) is 36.5 Å². The van der Waals surface area contributed by atoms with Gasteiger partial charge in [-0.25, -0.2) is 9.97 Å². The predicted molar refractivity (Wildman–Crippen MR) is 76.5 cm³/mol. The number of rotatable bonds is 4. The Hall–Kier alpha value is -2.83. The third kappa shape index (κ3) is 1.99. The van der Waals surface area contributed by atoms with Crippen molar-refractivity contribution in [2.45, 2.75) is 5.92 Å². The van der Waals surface area contributed by atoms with Gasteiger partial charge in [0.25, 0.3) is 0 Å². The van der Waals surface area contributed by atoms with Crippen molar-refractivity contribution in [2.24, 2.45) is 4.99 Å². The quantitative estimate of drug-likeness (QED) is 0.702. The van der Waals surface area contributed by atoms with Crippen LogP contribution in [-0.2, 0) is 0 Å². The number of nitrogens with zero attached hydrogens (tertiary/aromatic N) is 5. The standard InChI is InChI=1S/C13H13N7/c1-15-6-9(5-14)11-4-12-16-2-3-20(12)13(19-11)10-7-17-18-8-10/h2-9,14H,1H3,(H,17,18). The van der Waals surface area contributed by atoms with Gasteiger partial charge in [-0.05, 0) is 0 Å². The number of hydrogen-bond donors (Lipinski definition) is 2. The molecule has 0 bridgehead atoms. The highest BCUT2D eigenvalue weighted by molar-refractivity contribution is 5.88. The van der Waals surface area contributed by atoms with Crippen LogP contribution in [0.4, 0.5) is 0 Å². The van der Waals surface area contributed by atoms with Crippen LogP contribution < -0.4 is 0 Å². The van der Waals surface area contributed by atoms with Gasteiger partial charge < -0.3 is 5.41 Å². The number of imidazole rings is 1. The average molecular weight is 267 g/mol. The monoisotopic (exact) mass is 267 g/mol. The second-order valence-electron chi connectivity index (χ2n) is 4.25. The topological polar surface area (TPSA) is 95.1 Å². The van der Waals surface area contributed by atoms with Gasteiger partial charge in [0.05, 0.1) is 23.4 Å². The number of aliphatic imine (C=N–C) groups is 1. The largest absolute Gasteiger partial charge is 0.312 e. The zero-order valence-electron chi connectivity index (χ0n) is 10.9. The minimum atomic E-state index is -0.257. The Kier molecular flexibility index (Phi) is 3.08. The first-order valence-corrected chi connectivity index (χ1v) is 6.09. The second-order valence-corrected chi connectivity index (χ2v) is 4.25. The molecule has 0 aliphatic heterocycles. The van der Waals surface area contributed by atoms with Gasteiger partial charge in [-0.1, -0.05) is 0 Å². The van der Waals surface area contributed by atoms with Crippen LogP contribution in [0.3, 0.4) is 0 Å². The molecule has 2 N–H and O–H groups in total. The summed E-state index contributed by atoms with van der Waals surface area (Å²) in [5.74, 6) is 0.479. The first-order valence-electron chi connectivity index (χ1n) is 6.09. The van der Waals surface area contributed by atoms with E-state index < -0.39 is 0 Å². The lowest BCUT2D eigenvalue weighted by atomic mass is 10.1. The molecular formula is C13H13N7. The molecule has 0 amide bonds. The molecule has 0 saturated carbocycles. The molecule has 0 spiro atoms. The van der Waals surface area contributed by atoms with E-state index in [-0.39, 0.29) is 5.92 Å². The zero-order valence-corrected chi connectivity index (χ0v) is 10.9. The molecule has 1 unspecified atom stereocenters. The summed E-state index contributed by atoms with van der Waals surface area (Å²) in [6.07, 6.45) is 10.1. The lowest BCUT2D eigenvalue weighted by molar-refractivity contribution is 1.02. The van der Waals surface area contributed by atoms with E-state index in [0.717, 1.165) is 22.7 Å². The summed E-state index contributed by atoms with van der Waals surface area (Å²) >= 11 is 0. The highest BCUT2D eigenvalue weighted by Gasteiger charge is 2.14. The molecule has 3 aromatic heterocycles. The predicted octanol–water partition coefficient (Wildman–Crippen LogP) is 1.55. The molecule has 3 heterocycles. The molecule has 3 rings (SSSR count). The van der Waals surface area contributed by atoms with E-state index in [4.69, 9.17) is 5.41 Å². The van der Waals surface area contributed by atoms with Gasteiger partial charge in [-0.2, -0.15) is 5.10 Å². The minimum absolute atomic E-state index is 0.257. The van der Waals surface area contributed by atoms with Crippen molar-refractivity contribution < 1.29 is 0 Å². The van der Waals surface area contributed by atoms with Crippen molar-refractivity contribution in [1.29, 1.82) is 5.41 Å². The van der Waals surface area contributed by atoms with Gasteiger partial charge >= 0.3 is 0 Å². The Morgan fingerprint density at radius 3 is 3.10 bits per heavy atom. The van der Waals surface area contributed by atoms with E-state index in [2.05, 4.69) is 25.2 Å². The maximum atomic E-state index is 7.51. The number of aromatic nitrogens is 5. The number of nitrogens with one attached hydrogen (secondary N) is 2. The van der Waals surface area contributed by atoms with E-state index >= 15 is 0 Å². The Morgan fingerprint density at radius 2 is 2.40 bits per heavy atom. The van der Waals surface area contributed by atoms with E-state index in [1.807, 2.05) is 16.7 Å². The molecule has 0 aliphatic rings. The van der Waals surface area contributed by atoms with Crippen molar-refractivity contribution in [3.8, 4) is 11.4 Å². The van der Waals surface area contributed by atoms with Gasteiger partial charge in [-0.15, -0.1) is 0 Å².